The van der Waals surface area contributed by atoms with E-state index >= 15 is 0 Å². The zero-order valence-electron chi connectivity index (χ0n) is 25.4. The van der Waals surface area contributed by atoms with E-state index in [-0.39, 0.29) is 23.9 Å². The quantitative estimate of drug-likeness (QED) is 0.218. The van der Waals surface area contributed by atoms with Crippen molar-refractivity contribution in [2.45, 2.75) is 65.1 Å². The molecule has 2 aliphatic rings. The van der Waals surface area contributed by atoms with Gasteiger partial charge in [-0.05, 0) is 55.7 Å². The number of ether oxygens (including phenoxy) is 1. The molecule has 1 aromatic carbocycles. The minimum atomic E-state index is -0.683. The highest BCUT2D eigenvalue weighted by molar-refractivity contribution is 6.29. The second-order valence-corrected chi connectivity index (χ2v) is 12.5. The zero-order chi connectivity index (χ0) is 30.8. The number of morpholine rings is 1. The Bertz CT molecular complexity index is 1740. The van der Waals surface area contributed by atoms with Crippen LogP contribution in [-0.2, 0) is 11.3 Å². The number of allylic oxidation sites excluding steroid dienone is 5. The van der Waals surface area contributed by atoms with Crippen LogP contribution in [0.3, 0.4) is 0 Å². The Kier molecular flexibility index (Phi) is 8.81. The Morgan fingerprint density at radius 1 is 1.14 bits per heavy atom. The molecule has 1 saturated heterocycles. The van der Waals surface area contributed by atoms with Gasteiger partial charge in [-0.1, -0.05) is 80.4 Å². The number of fused-ring (bicyclic) bond motifs is 1. The fraction of sp³-hybridized carbons (Fsp3) is 0.424. The Balaban J connectivity index is 1.56. The van der Waals surface area contributed by atoms with Gasteiger partial charge >= 0.3 is 5.76 Å². The van der Waals surface area contributed by atoms with Gasteiger partial charge in [0, 0.05) is 18.1 Å². The maximum atomic E-state index is 11.8. The van der Waals surface area contributed by atoms with Crippen molar-refractivity contribution in [3.8, 4) is 11.7 Å². The first-order valence-corrected chi connectivity index (χ1v) is 15.6. The first kappa shape index (κ1) is 30.0. The molecule has 44 heavy (non-hydrogen) atoms. The maximum Gasteiger partial charge on any atom is 0.434 e. The second kappa shape index (κ2) is 12.9. The number of imidazole rings is 1. The summed E-state index contributed by atoms with van der Waals surface area (Å²) in [4.78, 5) is 29.0. The molecule has 2 fully saturated rings. The monoisotopic (exact) mass is 615 g/mol. The summed E-state index contributed by atoms with van der Waals surface area (Å²) in [6.07, 6.45) is 10.2. The standard InChI is InChI=1S/C33H38ClN7O3/c1-20-13-15-24(16-14-20)19-41-28-26(21(2)9-8-10-22(3)34)35-30(31-38-39-33(42)44-31)36-29(28)37-32(41)40-17-18-43-23(4)27(40)25-11-6-5-7-12-25/h5-12,20,23-24,27H,2,13-19H2,1,3-4H3,(H,39,42)/b9-8-,22-10+/t20-,23-,24-,27+/m1/s1. The van der Waals surface area contributed by atoms with Gasteiger partial charge in [0.25, 0.3) is 5.89 Å². The number of hydrogen-bond donors (Lipinski definition) is 1. The molecule has 0 amide bonds. The van der Waals surface area contributed by atoms with Crippen molar-refractivity contribution in [2.75, 3.05) is 18.1 Å². The third-order valence-electron chi connectivity index (χ3n) is 8.61. The molecule has 6 rings (SSSR count). The van der Waals surface area contributed by atoms with Gasteiger partial charge in [-0.3, -0.25) is 0 Å². The molecular formula is C33H38ClN7O3. The third-order valence-corrected chi connectivity index (χ3v) is 8.73. The van der Waals surface area contributed by atoms with Crippen LogP contribution >= 0.6 is 11.6 Å². The molecule has 0 spiro atoms. The lowest BCUT2D eigenvalue weighted by Gasteiger charge is -2.41. The van der Waals surface area contributed by atoms with Gasteiger partial charge in [-0.2, -0.15) is 4.98 Å². The highest BCUT2D eigenvalue weighted by atomic mass is 35.5. The van der Waals surface area contributed by atoms with Gasteiger partial charge in [-0.25, -0.2) is 19.9 Å². The molecule has 3 aromatic heterocycles. The smallest absolute Gasteiger partial charge is 0.384 e. The molecule has 4 heterocycles. The number of aromatic nitrogens is 6. The summed E-state index contributed by atoms with van der Waals surface area (Å²) in [5, 5.41) is 6.95. The number of nitrogens with one attached hydrogen (secondary N) is 1. The highest BCUT2D eigenvalue weighted by Gasteiger charge is 2.35. The number of H-pyrrole nitrogens is 1. The van der Waals surface area contributed by atoms with E-state index in [4.69, 9.17) is 35.7 Å². The Morgan fingerprint density at radius 3 is 2.61 bits per heavy atom. The van der Waals surface area contributed by atoms with Crippen LogP contribution in [0.25, 0.3) is 28.5 Å². The highest BCUT2D eigenvalue weighted by Crippen LogP contribution is 2.39. The van der Waals surface area contributed by atoms with Crippen molar-refractivity contribution in [1.29, 1.82) is 0 Å². The molecule has 4 aromatic rings. The zero-order valence-corrected chi connectivity index (χ0v) is 26.1. The molecular weight excluding hydrogens is 578 g/mol. The third kappa shape index (κ3) is 6.27. The largest absolute Gasteiger partial charge is 0.434 e. The summed E-state index contributed by atoms with van der Waals surface area (Å²) >= 11 is 6.09. The lowest BCUT2D eigenvalue weighted by molar-refractivity contribution is 0.0221. The van der Waals surface area contributed by atoms with Gasteiger partial charge in [-0.15, -0.1) is 5.10 Å². The Labute approximate surface area is 261 Å². The van der Waals surface area contributed by atoms with Crippen LogP contribution in [0.1, 0.15) is 63.8 Å². The SMILES string of the molecule is C=C(/C=C\C=C(/C)Cl)c1nc(-c2n[nH]c(=O)o2)nc2nc(N3CCO[C@H](C)[C@H]3c3ccccc3)n(C[C@H]3CC[C@H](C)CC3)c12. The first-order chi connectivity index (χ1) is 21.3. The second-order valence-electron chi connectivity index (χ2n) is 11.9. The Morgan fingerprint density at radius 2 is 1.91 bits per heavy atom. The summed E-state index contributed by atoms with van der Waals surface area (Å²) in [7, 11) is 0. The molecule has 0 radical (unpaired) electrons. The summed E-state index contributed by atoms with van der Waals surface area (Å²) in [5.41, 5.74) is 3.66. The minimum absolute atomic E-state index is 0.00838. The number of rotatable bonds is 8. The number of anilines is 1. The molecule has 230 valence electrons. The van der Waals surface area contributed by atoms with Gasteiger partial charge in [0.2, 0.25) is 11.8 Å². The summed E-state index contributed by atoms with van der Waals surface area (Å²) in [6.45, 7) is 12.6. The minimum Gasteiger partial charge on any atom is -0.384 e. The summed E-state index contributed by atoms with van der Waals surface area (Å²) in [5.74, 6) is 1.50. The molecule has 1 aliphatic carbocycles. The van der Waals surface area contributed by atoms with E-state index in [0.717, 1.165) is 42.3 Å². The van der Waals surface area contributed by atoms with E-state index in [0.29, 0.717) is 41.0 Å². The lowest BCUT2D eigenvalue weighted by atomic mass is 9.83. The normalized spacial score (nSPS) is 23.1. The number of benzene rings is 1. The number of aromatic amines is 1. The average Bonchev–Trinajstić information content (AvgIpc) is 3.61. The van der Waals surface area contributed by atoms with Gasteiger partial charge < -0.3 is 18.6 Å². The van der Waals surface area contributed by atoms with Crippen molar-refractivity contribution >= 4 is 34.3 Å². The van der Waals surface area contributed by atoms with Crippen LogP contribution in [0.5, 0.6) is 0 Å². The molecule has 10 nitrogen and oxygen atoms in total. The van der Waals surface area contributed by atoms with Crippen LogP contribution in [-0.4, -0.2) is 49.0 Å². The van der Waals surface area contributed by atoms with Crippen LogP contribution in [0.15, 0.2) is 69.4 Å². The van der Waals surface area contributed by atoms with Crippen molar-refractivity contribution in [1.82, 2.24) is 29.7 Å². The Hall–Kier alpha value is -4.02. The van der Waals surface area contributed by atoms with Crippen molar-refractivity contribution in [3.05, 3.63) is 82.0 Å². The lowest BCUT2D eigenvalue weighted by Crippen LogP contribution is -2.45. The van der Waals surface area contributed by atoms with Crippen molar-refractivity contribution in [2.24, 2.45) is 11.8 Å². The fourth-order valence-corrected chi connectivity index (χ4v) is 6.43. The van der Waals surface area contributed by atoms with Gasteiger partial charge in [0.15, 0.2) is 5.65 Å². The maximum absolute atomic E-state index is 11.8. The van der Waals surface area contributed by atoms with Crippen LogP contribution in [0.4, 0.5) is 5.95 Å². The fourth-order valence-electron chi connectivity index (χ4n) is 6.35. The topological polar surface area (TPSA) is 115 Å². The van der Waals surface area contributed by atoms with Crippen LogP contribution in [0, 0.1) is 11.8 Å². The molecule has 0 bridgehead atoms. The molecule has 2 atom stereocenters. The van der Waals surface area contributed by atoms with E-state index in [1.54, 1.807) is 6.08 Å². The van der Waals surface area contributed by atoms with Gasteiger partial charge in [0.05, 0.1) is 18.8 Å². The van der Waals surface area contributed by atoms with E-state index in [1.807, 2.05) is 25.1 Å². The van der Waals surface area contributed by atoms with E-state index in [9.17, 15) is 4.79 Å². The molecule has 1 aliphatic heterocycles. The van der Waals surface area contributed by atoms with E-state index in [2.05, 4.69) is 64.4 Å². The molecule has 1 saturated carbocycles. The van der Waals surface area contributed by atoms with E-state index in [1.165, 1.54) is 12.8 Å². The van der Waals surface area contributed by atoms with E-state index < -0.39 is 5.76 Å². The van der Waals surface area contributed by atoms with Crippen molar-refractivity contribution < 1.29 is 9.15 Å². The number of nitrogens with zero attached hydrogens (tertiary/aromatic N) is 6. The predicted molar refractivity (Wildman–Crippen MR) is 172 cm³/mol. The van der Waals surface area contributed by atoms with Crippen LogP contribution in [0.2, 0.25) is 0 Å². The molecule has 11 heteroatoms. The number of hydrogen-bond acceptors (Lipinski definition) is 8. The molecule has 0 unspecified atom stereocenters. The number of halogens is 1. The predicted octanol–water partition coefficient (Wildman–Crippen LogP) is 6.67. The van der Waals surface area contributed by atoms with Crippen LogP contribution < -0.4 is 10.7 Å². The van der Waals surface area contributed by atoms with Gasteiger partial charge in [0.1, 0.15) is 11.2 Å². The summed E-state index contributed by atoms with van der Waals surface area (Å²) in [6, 6.07) is 10.4. The summed E-state index contributed by atoms with van der Waals surface area (Å²) < 4.78 is 13.7. The first-order valence-electron chi connectivity index (χ1n) is 15.3. The van der Waals surface area contributed by atoms with Crippen molar-refractivity contribution in [3.63, 3.8) is 0 Å². The average molecular weight is 616 g/mol. The molecule has 1 N–H and O–H groups in total.